The number of guanidine groups is 1. The number of carbonyl (C=O) groups is 4. The molecule has 12 heteroatoms. The zero-order valence-electron chi connectivity index (χ0n) is 15.1. The minimum absolute atomic E-state index is 0.109. The highest BCUT2D eigenvalue weighted by Crippen LogP contribution is 2.13. The molecule has 1 aromatic carbocycles. The van der Waals surface area contributed by atoms with E-state index >= 15 is 0 Å². The number of carboxylic acids is 2. The van der Waals surface area contributed by atoms with Gasteiger partial charge in [-0.1, -0.05) is 12.1 Å². The summed E-state index contributed by atoms with van der Waals surface area (Å²) in [5.41, 5.74) is 11.6. The van der Waals surface area contributed by atoms with Gasteiger partial charge in [-0.15, -0.1) is 0 Å². The lowest BCUT2D eigenvalue weighted by molar-refractivity contribution is -0.144. The van der Waals surface area contributed by atoms with Crippen molar-refractivity contribution in [2.24, 2.45) is 16.5 Å². The zero-order chi connectivity index (χ0) is 22.0. The van der Waals surface area contributed by atoms with Crippen molar-refractivity contribution in [3.63, 3.8) is 0 Å². The van der Waals surface area contributed by atoms with Crippen LogP contribution in [0, 0.1) is 0 Å². The molecule has 0 aliphatic heterocycles. The fourth-order valence-corrected chi connectivity index (χ4v) is 2.04. The lowest BCUT2D eigenvalue weighted by atomic mass is 10.1. The predicted octanol–water partition coefficient (Wildman–Crippen LogP) is -1.87. The van der Waals surface area contributed by atoms with Crippen LogP contribution < -0.4 is 22.1 Å². The highest BCUT2D eigenvalue weighted by Gasteiger charge is 2.27. The van der Waals surface area contributed by atoms with E-state index < -0.39 is 48.9 Å². The number of aliphatic imine (C=N–C) groups is 1. The third-order valence-electron chi connectivity index (χ3n) is 3.39. The molecule has 0 unspecified atom stereocenters. The van der Waals surface area contributed by atoms with E-state index in [4.69, 9.17) is 26.8 Å². The number of carbonyl (C=O) groups excluding carboxylic acids is 2. The lowest BCUT2D eigenvalue weighted by Gasteiger charge is -2.18. The number of aliphatic hydroxyl groups excluding tert-OH is 1. The van der Waals surface area contributed by atoms with Gasteiger partial charge in [0.15, 0.2) is 5.96 Å². The van der Waals surface area contributed by atoms with Crippen molar-refractivity contribution in [3.05, 3.63) is 35.9 Å². The zero-order valence-corrected chi connectivity index (χ0v) is 15.1. The van der Waals surface area contributed by atoms with Gasteiger partial charge in [-0.05, 0) is 23.8 Å². The van der Waals surface area contributed by atoms with Crippen LogP contribution >= 0.6 is 0 Å². The van der Waals surface area contributed by atoms with Crippen LogP contribution in [0.25, 0.3) is 6.08 Å². The molecule has 0 saturated heterocycles. The Bertz CT molecular complexity index is 816. The smallest absolute Gasteiger partial charge is 0.328 e. The Morgan fingerprint density at radius 1 is 1.03 bits per heavy atom. The summed E-state index contributed by atoms with van der Waals surface area (Å²) >= 11 is 0. The summed E-state index contributed by atoms with van der Waals surface area (Å²) in [6.07, 6.45) is 1.69. The molecule has 1 rings (SSSR count). The maximum absolute atomic E-state index is 12.1. The van der Waals surface area contributed by atoms with Crippen molar-refractivity contribution in [1.82, 2.24) is 10.6 Å². The molecule has 156 valence electrons. The highest BCUT2D eigenvalue weighted by atomic mass is 16.4. The van der Waals surface area contributed by atoms with E-state index in [1.54, 1.807) is 24.3 Å². The molecular weight excluding hydrogens is 386 g/mol. The van der Waals surface area contributed by atoms with Gasteiger partial charge in [0.25, 0.3) is 0 Å². The number of nitrogens with one attached hydrogen (secondary N) is 2. The molecule has 2 amide bonds. The summed E-state index contributed by atoms with van der Waals surface area (Å²) in [4.78, 5) is 49.7. The second-order valence-corrected chi connectivity index (χ2v) is 5.70. The van der Waals surface area contributed by atoms with Crippen LogP contribution in [0.3, 0.4) is 0 Å². The average molecular weight is 407 g/mol. The van der Waals surface area contributed by atoms with E-state index in [1.807, 2.05) is 5.32 Å². The number of amides is 2. The fourth-order valence-electron chi connectivity index (χ4n) is 2.04. The third kappa shape index (κ3) is 8.53. The molecular formula is C17H21N5O7. The van der Waals surface area contributed by atoms with Gasteiger partial charge in [0.2, 0.25) is 11.8 Å². The van der Waals surface area contributed by atoms with Crippen molar-refractivity contribution < 1.29 is 34.5 Å². The summed E-state index contributed by atoms with van der Waals surface area (Å²) < 4.78 is 0. The first-order chi connectivity index (χ1) is 13.6. The Morgan fingerprint density at radius 3 is 2.14 bits per heavy atom. The summed E-state index contributed by atoms with van der Waals surface area (Å²) in [7, 11) is 0. The molecule has 0 aliphatic rings. The maximum atomic E-state index is 12.1. The summed E-state index contributed by atoms with van der Waals surface area (Å²) in [6, 6.07) is 3.26. The van der Waals surface area contributed by atoms with Gasteiger partial charge in [0, 0.05) is 6.08 Å². The lowest BCUT2D eigenvalue weighted by Crippen LogP contribution is -2.53. The van der Waals surface area contributed by atoms with Crippen molar-refractivity contribution in [3.8, 4) is 0 Å². The highest BCUT2D eigenvalue weighted by molar-refractivity contribution is 5.97. The van der Waals surface area contributed by atoms with Crippen molar-refractivity contribution in [2.75, 3.05) is 6.61 Å². The standard InChI is InChI=1S/C17H21N5O7/c18-17(19)20-10-4-1-9(2-5-10)3-6-13(24)21-11(7-14(25)26)15(27)22-12(8-23)16(28)29/h1-6,11-12,23H,7-8H2,(H,21,24)(H,22,27)(H,25,26)(H,28,29)(H4,18,19,20)/t11-,12-/m0/s1. The van der Waals surface area contributed by atoms with Gasteiger partial charge in [-0.25, -0.2) is 9.79 Å². The number of aliphatic carboxylic acids is 2. The van der Waals surface area contributed by atoms with Crippen LogP contribution in [-0.4, -0.2) is 63.7 Å². The number of benzene rings is 1. The Labute approximate surface area is 164 Å². The van der Waals surface area contributed by atoms with Crippen molar-refractivity contribution in [2.45, 2.75) is 18.5 Å². The number of nitrogens with zero attached hydrogens (tertiary/aromatic N) is 1. The second-order valence-electron chi connectivity index (χ2n) is 5.70. The molecule has 2 atom stereocenters. The first kappa shape index (κ1) is 23.1. The van der Waals surface area contributed by atoms with Crippen molar-refractivity contribution in [1.29, 1.82) is 0 Å². The van der Waals surface area contributed by atoms with E-state index in [2.05, 4.69) is 10.3 Å². The first-order valence-corrected chi connectivity index (χ1v) is 8.16. The average Bonchev–Trinajstić information content (AvgIpc) is 2.63. The third-order valence-corrected chi connectivity index (χ3v) is 3.39. The molecule has 0 saturated carbocycles. The largest absolute Gasteiger partial charge is 0.481 e. The minimum Gasteiger partial charge on any atom is -0.481 e. The van der Waals surface area contributed by atoms with Gasteiger partial charge in [-0.3, -0.25) is 14.4 Å². The van der Waals surface area contributed by atoms with Crippen LogP contribution in [0.5, 0.6) is 0 Å². The molecule has 0 heterocycles. The summed E-state index contributed by atoms with van der Waals surface area (Å²) in [6.45, 7) is -0.898. The molecule has 12 nitrogen and oxygen atoms in total. The van der Waals surface area contributed by atoms with Gasteiger partial charge in [0.05, 0.1) is 18.7 Å². The van der Waals surface area contributed by atoms with Crippen LogP contribution in [0.15, 0.2) is 35.3 Å². The topological polar surface area (TPSA) is 217 Å². The molecule has 0 fully saturated rings. The molecule has 0 aromatic heterocycles. The van der Waals surface area contributed by atoms with E-state index in [9.17, 15) is 19.2 Å². The Balaban J connectivity index is 2.80. The number of aliphatic hydroxyl groups is 1. The molecule has 0 radical (unpaired) electrons. The molecule has 0 bridgehead atoms. The van der Waals surface area contributed by atoms with E-state index in [-0.39, 0.29) is 5.96 Å². The molecule has 0 spiro atoms. The maximum Gasteiger partial charge on any atom is 0.328 e. The number of carboxylic acid groups (broad SMARTS) is 2. The van der Waals surface area contributed by atoms with E-state index in [1.165, 1.54) is 6.08 Å². The van der Waals surface area contributed by atoms with E-state index in [0.29, 0.717) is 11.3 Å². The monoisotopic (exact) mass is 407 g/mol. The number of hydrogen-bond donors (Lipinski definition) is 7. The van der Waals surface area contributed by atoms with Crippen LogP contribution in [0.2, 0.25) is 0 Å². The summed E-state index contributed by atoms with van der Waals surface area (Å²) in [5, 5.41) is 30.8. The summed E-state index contributed by atoms with van der Waals surface area (Å²) in [5.74, 6) is -4.85. The quantitative estimate of drug-likeness (QED) is 0.131. The Hall–Kier alpha value is -3.93. The minimum atomic E-state index is -1.63. The van der Waals surface area contributed by atoms with Crippen LogP contribution in [0.4, 0.5) is 5.69 Å². The van der Waals surface area contributed by atoms with Gasteiger partial charge < -0.3 is 37.4 Å². The van der Waals surface area contributed by atoms with Gasteiger partial charge in [-0.2, -0.15) is 0 Å². The van der Waals surface area contributed by atoms with E-state index in [0.717, 1.165) is 6.08 Å². The Morgan fingerprint density at radius 2 is 1.66 bits per heavy atom. The normalized spacial score (nSPS) is 12.6. The molecule has 0 aliphatic carbocycles. The number of nitrogens with two attached hydrogens (primary N) is 2. The first-order valence-electron chi connectivity index (χ1n) is 8.16. The van der Waals surface area contributed by atoms with Crippen molar-refractivity contribution >= 4 is 41.5 Å². The van der Waals surface area contributed by atoms with Crippen LogP contribution in [0.1, 0.15) is 12.0 Å². The molecule has 1 aromatic rings. The van der Waals surface area contributed by atoms with Gasteiger partial charge >= 0.3 is 11.9 Å². The Kier molecular flexibility index (Phi) is 8.79. The second kappa shape index (κ2) is 11.0. The molecule has 29 heavy (non-hydrogen) atoms. The fraction of sp³-hybridized carbons (Fsp3) is 0.235. The number of hydrogen-bond acceptors (Lipinski definition) is 6. The van der Waals surface area contributed by atoms with Crippen LogP contribution in [-0.2, 0) is 19.2 Å². The molecule has 9 N–H and O–H groups in total. The predicted molar refractivity (Wildman–Crippen MR) is 102 cm³/mol. The van der Waals surface area contributed by atoms with Gasteiger partial charge in [0.1, 0.15) is 12.1 Å². The number of rotatable bonds is 10. The SMILES string of the molecule is NC(N)=Nc1ccc(C=CC(=O)N[C@@H](CC(=O)O)C(=O)N[C@@H](CO)C(=O)O)cc1.